The van der Waals surface area contributed by atoms with Crippen molar-refractivity contribution >= 4 is 21.8 Å². The molecule has 1 amide bonds. The lowest BCUT2D eigenvalue weighted by atomic mass is 10.0. The third-order valence-electron chi connectivity index (χ3n) is 2.57. The number of amides is 1. The van der Waals surface area contributed by atoms with Crippen LogP contribution in [0.5, 0.6) is 0 Å². The minimum absolute atomic E-state index is 0.112. The van der Waals surface area contributed by atoms with Crippen molar-refractivity contribution in [2.75, 3.05) is 7.05 Å². The Morgan fingerprint density at radius 2 is 2.12 bits per heavy atom. The molecule has 0 aliphatic heterocycles. The van der Waals surface area contributed by atoms with Gasteiger partial charge >= 0.3 is 0 Å². The number of carbonyl (C=O) groups excluding carboxylic acids is 1. The molecule has 4 heteroatoms. The number of halogens is 1. The van der Waals surface area contributed by atoms with E-state index in [0.29, 0.717) is 5.56 Å². The zero-order chi connectivity index (χ0) is 13.0. The van der Waals surface area contributed by atoms with Gasteiger partial charge in [0.25, 0.3) is 5.91 Å². The van der Waals surface area contributed by atoms with Gasteiger partial charge in [-0.25, -0.2) is 0 Å². The summed E-state index contributed by atoms with van der Waals surface area (Å²) in [6.07, 6.45) is 0. The average molecular weight is 295 g/mol. The first kappa shape index (κ1) is 13.7. The van der Waals surface area contributed by atoms with Gasteiger partial charge in [0.2, 0.25) is 0 Å². The first-order chi connectivity index (χ1) is 7.97. The van der Waals surface area contributed by atoms with Gasteiger partial charge in [-0.2, -0.15) is 5.26 Å². The van der Waals surface area contributed by atoms with Gasteiger partial charge < -0.3 is 4.90 Å². The summed E-state index contributed by atoms with van der Waals surface area (Å²) in [4.78, 5) is 13.6. The number of rotatable bonds is 3. The molecule has 1 aromatic carbocycles. The Labute approximate surface area is 110 Å². The largest absolute Gasteiger partial charge is 0.325 e. The van der Waals surface area contributed by atoms with E-state index in [4.69, 9.17) is 5.26 Å². The van der Waals surface area contributed by atoms with Crippen LogP contribution in [0.2, 0.25) is 0 Å². The molecule has 1 aromatic rings. The van der Waals surface area contributed by atoms with E-state index in [1.54, 1.807) is 19.2 Å². The fourth-order valence-corrected chi connectivity index (χ4v) is 2.03. The highest BCUT2D eigenvalue weighted by Crippen LogP contribution is 2.16. The highest BCUT2D eigenvalue weighted by Gasteiger charge is 2.23. The Morgan fingerprint density at radius 1 is 1.47 bits per heavy atom. The number of carbonyl (C=O) groups is 1. The predicted molar refractivity (Wildman–Crippen MR) is 70.5 cm³/mol. The maximum Gasteiger partial charge on any atom is 0.254 e. The Bertz CT molecular complexity index is 451. The van der Waals surface area contributed by atoms with Gasteiger partial charge in [0.1, 0.15) is 6.04 Å². The molecule has 90 valence electrons. The van der Waals surface area contributed by atoms with Crippen LogP contribution in [0.4, 0.5) is 0 Å². The van der Waals surface area contributed by atoms with Gasteiger partial charge in [0.05, 0.1) is 6.07 Å². The maximum atomic E-state index is 12.2. The van der Waals surface area contributed by atoms with E-state index in [0.717, 1.165) is 4.47 Å². The van der Waals surface area contributed by atoms with Crippen LogP contribution < -0.4 is 0 Å². The smallest absolute Gasteiger partial charge is 0.254 e. The van der Waals surface area contributed by atoms with Crippen molar-refractivity contribution in [3.05, 3.63) is 34.3 Å². The fraction of sp³-hybridized carbons (Fsp3) is 0.385. The van der Waals surface area contributed by atoms with E-state index < -0.39 is 6.04 Å². The highest BCUT2D eigenvalue weighted by atomic mass is 79.9. The van der Waals surface area contributed by atoms with Crippen LogP contribution in [-0.2, 0) is 0 Å². The van der Waals surface area contributed by atoms with E-state index >= 15 is 0 Å². The van der Waals surface area contributed by atoms with E-state index in [1.165, 1.54) is 4.90 Å². The van der Waals surface area contributed by atoms with Gasteiger partial charge in [0, 0.05) is 17.1 Å². The van der Waals surface area contributed by atoms with Crippen molar-refractivity contribution in [3.63, 3.8) is 0 Å². The molecule has 1 rings (SSSR count). The van der Waals surface area contributed by atoms with Crippen molar-refractivity contribution in [2.45, 2.75) is 19.9 Å². The summed E-state index contributed by atoms with van der Waals surface area (Å²) in [6, 6.07) is 8.93. The van der Waals surface area contributed by atoms with Gasteiger partial charge in [-0.1, -0.05) is 35.8 Å². The SMILES string of the molecule is CC(C)C(C#N)N(C)C(=O)c1cccc(Br)c1. The van der Waals surface area contributed by atoms with Crippen LogP contribution in [0, 0.1) is 17.2 Å². The van der Waals surface area contributed by atoms with Crippen LogP contribution in [0.1, 0.15) is 24.2 Å². The fourth-order valence-electron chi connectivity index (χ4n) is 1.63. The summed E-state index contributed by atoms with van der Waals surface area (Å²) in [5.41, 5.74) is 0.586. The molecule has 0 fully saturated rings. The number of benzene rings is 1. The van der Waals surface area contributed by atoms with Crippen molar-refractivity contribution in [1.82, 2.24) is 4.90 Å². The minimum Gasteiger partial charge on any atom is -0.325 e. The molecule has 0 N–H and O–H groups in total. The van der Waals surface area contributed by atoms with Gasteiger partial charge in [-0.15, -0.1) is 0 Å². The summed E-state index contributed by atoms with van der Waals surface area (Å²) in [5.74, 6) is -0.0207. The van der Waals surface area contributed by atoms with Crippen LogP contribution in [0.25, 0.3) is 0 Å². The molecule has 1 atom stereocenters. The molecule has 0 aliphatic carbocycles. The van der Waals surface area contributed by atoms with Crippen LogP contribution >= 0.6 is 15.9 Å². The molecule has 0 saturated heterocycles. The summed E-state index contributed by atoms with van der Waals surface area (Å²) < 4.78 is 0.856. The molecule has 0 saturated carbocycles. The minimum atomic E-state index is -0.401. The van der Waals surface area contributed by atoms with E-state index in [1.807, 2.05) is 26.0 Å². The topological polar surface area (TPSA) is 44.1 Å². The molecular weight excluding hydrogens is 280 g/mol. The second kappa shape index (κ2) is 5.83. The van der Waals surface area contributed by atoms with Gasteiger partial charge in [-0.05, 0) is 24.1 Å². The number of nitrogens with zero attached hydrogens (tertiary/aromatic N) is 2. The first-order valence-corrected chi connectivity index (χ1v) is 6.19. The Morgan fingerprint density at radius 3 is 2.59 bits per heavy atom. The van der Waals surface area contributed by atoms with Crippen molar-refractivity contribution < 1.29 is 4.79 Å². The standard InChI is InChI=1S/C13H15BrN2O/c1-9(2)12(8-15)16(3)13(17)10-5-4-6-11(14)7-10/h4-7,9,12H,1-3H3. The summed E-state index contributed by atoms with van der Waals surface area (Å²) in [6.45, 7) is 3.86. The third-order valence-corrected chi connectivity index (χ3v) is 3.07. The van der Waals surface area contributed by atoms with E-state index in [-0.39, 0.29) is 11.8 Å². The second-order valence-corrected chi connectivity index (χ2v) is 5.16. The predicted octanol–water partition coefficient (Wildman–Crippen LogP) is 3.07. The number of hydrogen-bond acceptors (Lipinski definition) is 2. The maximum absolute atomic E-state index is 12.2. The van der Waals surface area contributed by atoms with Crippen molar-refractivity contribution in [1.29, 1.82) is 5.26 Å². The zero-order valence-electron chi connectivity index (χ0n) is 10.1. The Balaban J connectivity index is 2.94. The van der Waals surface area contributed by atoms with E-state index in [2.05, 4.69) is 22.0 Å². The molecule has 0 spiro atoms. The molecular formula is C13H15BrN2O. The monoisotopic (exact) mass is 294 g/mol. The lowest BCUT2D eigenvalue weighted by Crippen LogP contribution is -2.39. The number of nitriles is 1. The van der Waals surface area contributed by atoms with Gasteiger partial charge in [0.15, 0.2) is 0 Å². The summed E-state index contributed by atoms with van der Waals surface area (Å²) in [5, 5.41) is 9.06. The lowest BCUT2D eigenvalue weighted by Gasteiger charge is -2.25. The molecule has 0 aromatic heterocycles. The molecule has 0 aliphatic rings. The van der Waals surface area contributed by atoms with E-state index in [9.17, 15) is 4.79 Å². The molecule has 1 unspecified atom stereocenters. The van der Waals surface area contributed by atoms with Gasteiger partial charge in [-0.3, -0.25) is 4.79 Å². The molecule has 0 radical (unpaired) electrons. The normalized spacial score (nSPS) is 12.0. The Hall–Kier alpha value is -1.34. The second-order valence-electron chi connectivity index (χ2n) is 4.24. The average Bonchev–Trinajstić information content (AvgIpc) is 2.28. The van der Waals surface area contributed by atoms with Crippen molar-refractivity contribution in [3.8, 4) is 6.07 Å². The molecule has 0 bridgehead atoms. The first-order valence-electron chi connectivity index (χ1n) is 5.39. The van der Waals surface area contributed by atoms with Crippen LogP contribution in [0.15, 0.2) is 28.7 Å². The molecule has 3 nitrogen and oxygen atoms in total. The Kier molecular flexibility index (Phi) is 4.71. The quantitative estimate of drug-likeness (QED) is 0.860. The zero-order valence-corrected chi connectivity index (χ0v) is 11.7. The lowest BCUT2D eigenvalue weighted by molar-refractivity contribution is 0.0736. The van der Waals surface area contributed by atoms with Crippen LogP contribution in [0.3, 0.4) is 0 Å². The molecule has 17 heavy (non-hydrogen) atoms. The molecule has 0 heterocycles. The summed E-state index contributed by atoms with van der Waals surface area (Å²) in [7, 11) is 1.66. The highest BCUT2D eigenvalue weighted by molar-refractivity contribution is 9.10. The van der Waals surface area contributed by atoms with Crippen LogP contribution in [-0.4, -0.2) is 23.9 Å². The third kappa shape index (κ3) is 3.31. The summed E-state index contributed by atoms with van der Waals surface area (Å²) >= 11 is 3.33. The number of hydrogen-bond donors (Lipinski definition) is 0. The van der Waals surface area contributed by atoms with Crippen molar-refractivity contribution in [2.24, 2.45) is 5.92 Å².